The second kappa shape index (κ2) is 5.06. The number of methoxy groups -OCH3 is 1. The van der Waals surface area contributed by atoms with E-state index >= 15 is 0 Å². The Morgan fingerprint density at radius 1 is 1.22 bits per heavy atom. The van der Waals surface area contributed by atoms with Crippen molar-refractivity contribution < 1.29 is 32.0 Å². The lowest BCUT2D eigenvalue weighted by Gasteiger charge is -2.10. The molecule has 0 aliphatic carbocycles. The molecule has 0 N–H and O–H groups in total. The van der Waals surface area contributed by atoms with Crippen molar-refractivity contribution in [1.29, 1.82) is 0 Å². The summed E-state index contributed by atoms with van der Waals surface area (Å²) in [5.41, 5.74) is -0.243. The predicted octanol–water partition coefficient (Wildman–Crippen LogP) is 1.05. The summed E-state index contributed by atoms with van der Waals surface area (Å²) in [4.78, 5) is 35.6. The average molecular weight is 335 g/mol. The monoisotopic (exact) mass is 335 g/mol. The smallest absolute Gasteiger partial charge is 0.337 e. The number of carbonyl (C=O) groups is 3. The third kappa shape index (κ3) is 2.13. The molecule has 1 aromatic heterocycles. The van der Waals surface area contributed by atoms with Crippen LogP contribution in [-0.2, 0) is 14.8 Å². The molecule has 0 atom stereocenters. The van der Waals surface area contributed by atoms with Crippen molar-refractivity contribution in [1.82, 2.24) is 4.31 Å². The van der Waals surface area contributed by atoms with Crippen LogP contribution in [0, 0.1) is 0 Å². The number of nitrogens with zero attached hydrogens (tertiary/aromatic N) is 1. The highest BCUT2D eigenvalue weighted by Crippen LogP contribution is 2.32. The van der Waals surface area contributed by atoms with Gasteiger partial charge in [-0.05, 0) is 30.3 Å². The first-order valence-corrected chi connectivity index (χ1v) is 7.72. The molecule has 0 unspecified atom stereocenters. The summed E-state index contributed by atoms with van der Waals surface area (Å²) < 4.78 is 34.4. The minimum atomic E-state index is -4.42. The highest BCUT2D eigenvalue weighted by atomic mass is 32.2. The molecule has 1 aliphatic heterocycles. The van der Waals surface area contributed by atoms with Gasteiger partial charge in [-0.15, -0.1) is 0 Å². The largest absolute Gasteiger partial charge is 0.465 e. The summed E-state index contributed by atoms with van der Waals surface area (Å²) in [5.74, 6) is -3.15. The quantitative estimate of drug-likeness (QED) is 0.595. The molecule has 118 valence electrons. The first-order chi connectivity index (χ1) is 10.9. The van der Waals surface area contributed by atoms with E-state index < -0.39 is 32.7 Å². The van der Waals surface area contributed by atoms with E-state index in [0.29, 0.717) is 0 Å². The summed E-state index contributed by atoms with van der Waals surface area (Å²) >= 11 is 0. The number of hydrogen-bond acceptors (Lipinski definition) is 7. The molecule has 0 fully saturated rings. The Bertz CT molecular complexity index is 928. The number of imide groups is 1. The second-order valence-electron chi connectivity index (χ2n) is 4.56. The normalized spacial score (nSPS) is 15.3. The molecule has 3 rings (SSSR count). The number of hydrogen-bond donors (Lipinski definition) is 0. The van der Waals surface area contributed by atoms with Gasteiger partial charge in [0.2, 0.25) is 0 Å². The Labute approximate surface area is 130 Å². The first kappa shape index (κ1) is 15.0. The zero-order valence-corrected chi connectivity index (χ0v) is 12.5. The molecular formula is C14H9NO7S. The van der Waals surface area contributed by atoms with Crippen molar-refractivity contribution in [2.45, 2.75) is 4.90 Å². The standard InChI is InChI=1S/C14H9NO7S/c1-21-14(18)8-4-5-9-11(7-8)23(19,20)15(12(9)16)13(17)10-3-2-6-22-10/h2-7H,1H3. The Morgan fingerprint density at radius 3 is 2.57 bits per heavy atom. The van der Waals surface area contributed by atoms with Crippen molar-refractivity contribution in [3.05, 3.63) is 53.5 Å². The number of esters is 1. The highest BCUT2D eigenvalue weighted by Gasteiger charge is 2.46. The maximum Gasteiger partial charge on any atom is 0.337 e. The van der Waals surface area contributed by atoms with Gasteiger partial charge in [0.25, 0.3) is 15.9 Å². The zero-order chi connectivity index (χ0) is 16.8. The van der Waals surface area contributed by atoms with Gasteiger partial charge in [0.15, 0.2) is 5.76 Å². The van der Waals surface area contributed by atoms with E-state index in [0.717, 1.165) is 19.2 Å². The molecule has 0 radical (unpaired) electrons. The first-order valence-electron chi connectivity index (χ1n) is 6.28. The van der Waals surface area contributed by atoms with Crippen LogP contribution in [0.4, 0.5) is 0 Å². The van der Waals surface area contributed by atoms with Crippen LogP contribution in [0.15, 0.2) is 45.9 Å². The summed E-state index contributed by atoms with van der Waals surface area (Å²) in [7, 11) is -3.28. The van der Waals surface area contributed by atoms with Gasteiger partial charge in [0.1, 0.15) is 4.90 Å². The molecule has 0 bridgehead atoms. The maximum atomic E-state index is 12.5. The number of ether oxygens (including phenoxy) is 1. The SMILES string of the molecule is COC(=O)c1ccc2c(c1)S(=O)(=O)N(C(=O)c1ccco1)C2=O. The highest BCUT2D eigenvalue weighted by molar-refractivity contribution is 7.90. The van der Waals surface area contributed by atoms with Gasteiger partial charge in [-0.1, -0.05) is 0 Å². The number of sulfonamides is 1. The maximum absolute atomic E-state index is 12.5. The van der Waals surface area contributed by atoms with Crippen LogP contribution in [0.25, 0.3) is 0 Å². The van der Waals surface area contributed by atoms with Gasteiger partial charge < -0.3 is 9.15 Å². The lowest BCUT2D eigenvalue weighted by Crippen LogP contribution is -2.36. The van der Waals surface area contributed by atoms with E-state index in [2.05, 4.69) is 4.74 Å². The minimum Gasteiger partial charge on any atom is -0.465 e. The molecule has 2 heterocycles. The van der Waals surface area contributed by atoms with Crippen LogP contribution in [0.3, 0.4) is 0 Å². The van der Waals surface area contributed by atoms with Gasteiger partial charge in [-0.3, -0.25) is 9.59 Å². The average Bonchev–Trinajstić information content (AvgIpc) is 3.13. The fraction of sp³-hybridized carbons (Fsp3) is 0.0714. The van der Waals surface area contributed by atoms with E-state index in [-0.39, 0.29) is 21.2 Å². The minimum absolute atomic E-state index is 0.0464. The van der Waals surface area contributed by atoms with Crippen molar-refractivity contribution in [2.75, 3.05) is 7.11 Å². The van der Waals surface area contributed by atoms with Crippen molar-refractivity contribution in [3.63, 3.8) is 0 Å². The fourth-order valence-electron chi connectivity index (χ4n) is 2.18. The molecule has 23 heavy (non-hydrogen) atoms. The number of fused-ring (bicyclic) bond motifs is 1. The molecule has 2 aromatic rings. The molecule has 2 amide bonds. The molecule has 0 saturated heterocycles. The van der Waals surface area contributed by atoms with Crippen molar-refractivity contribution in [2.24, 2.45) is 0 Å². The fourth-order valence-corrected chi connectivity index (χ4v) is 3.71. The molecular weight excluding hydrogens is 326 g/mol. The summed E-state index contributed by atoms with van der Waals surface area (Å²) in [6, 6.07) is 6.05. The Balaban J connectivity index is 2.12. The topological polar surface area (TPSA) is 111 Å². The molecule has 8 nitrogen and oxygen atoms in total. The van der Waals surface area contributed by atoms with Crippen molar-refractivity contribution in [3.8, 4) is 0 Å². The number of furan rings is 1. The van der Waals surface area contributed by atoms with Crippen LogP contribution in [0.2, 0.25) is 0 Å². The summed E-state index contributed by atoms with van der Waals surface area (Å²) in [6.45, 7) is 0. The van der Waals surface area contributed by atoms with Gasteiger partial charge in [0.05, 0.1) is 24.5 Å². The molecule has 1 aromatic carbocycles. The van der Waals surface area contributed by atoms with E-state index in [4.69, 9.17) is 4.42 Å². The van der Waals surface area contributed by atoms with Gasteiger partial charge in [0, 0.05) is 0 Å². The van der Waals surface area contributed by atoms with Crippen LogP contribution >= 0.6 is 0 Å². The lowest BCUT2D eigenvalue weighted by molar-refractivity contribution is 0.0599. The zero-order valence-electron chi connectivity index (χ0n) is 11.7. The van der Waals surface area contributed by atoms with Crippen LogP contribution in [0.5, 0.6) is 0 Å². The van der Waals surface area contributed by atoms with E-state index in [1.807, 2.05) is 0 Å². The van der Waals surface area contributed by atoms with Gasteiger partial charge in [-0.2, -0.15) is 4.31 Å². The molecule has 9 heteroatoms. The van der Waals surface area contributed by atoms with E-state index in [1.54, 1.807) is 0 Å². The number of carbonyl (C=O) groups excluding carboxylic acids is 3. The second-order valence-corrected chi connectivity index (χ2v) is 6.31. The van der Waals surface area contributed by atoms with Gasteiger partial charge >= 0.3 is 11.9 Å². The number of rotatable bonds is 2. The number of amides is 2. The third-order valence-electron chi connectivity index (χ3n) is 3.25. The summed E-state index contributed by atoms with van der Waals surface area (Å²) in [6.07, 6.45) is 1.18. The lowest BCUT2D eigenvalue weighted by atomic mass is 10.1. The van der Waals surface area contributed by atoms with Gasteiger partial charge in [-0.25, -0.2) is 13.2 Å². The molecule has 0 saturated carbocycles. The molecule has 1 aliphatic rings. The Hall–Kier alpha value is -2.94. The van der Waals surface area contributed by atoms with E-state index in [1.165, 1.54) is 24.5 Å². The summed E-state index contributed by atoms with van der Waals surface area (Å²) in [5, 5.41) is 0. The molecule has 0 spiro atoms. The van der Waals surface area contributed by atoms with Crippen LogP contribution in [-0.4, -0.2) is 37.6 Å². The Morgan fingerprint density at radius 2 is 1.96 bits per heavy atom. The van der Waals surface area contributed by atoms with Crippen molar-refractivity contribution >= 4 is 27.8 Å². The Kier molecular flexibility index (Phi) is 3.29. The van der Waals surface area contributed by atoms with Crippen LogP contribution < -0.4 is 0 Å². The third-order valence-corrected chi connectivity index (χ3v) is 4.96. The number of benzene rings is 1. The van der Waals surface area contributed by atoms with Crippen LogP contribution in [0.1, 0.15) is 31.3 Å². The predicted molar refractivity (Wildman–Crippen MR) is 74.2 cm³/mol. The van der Waals surface area contributed by atoms with E-state index in [9.17, 15) is 22.8 Å².